The standard InChI is InChI=1S/C7H5NO2/c9-6-2-1-5-3-4-10-7(5)8-6/h1-5H. The monoisotopic (exact) mass is 135 g/mol. The summed E-state index contributed by atoms with van der Waals surface area (Å²) in [4.78, 5) is 14.3. The van der Waals surface area contributed by atoms with E-state index < -0.39 is 0 Å². The van der Waals surface area contributed by atoms with E-state index >= 15 is 0 Å². The zero-order valence-corrected chi connectivity index (χ0v) is 5.15. The lowest BCUT2D eigenvalue weighted by atomic mass is 10.1. The number of carbonyl (C=O) groups excluding carboxylic acids is 1. The van der Waals surface area contributed by atoms with Crippen LogP contribution in [-0.4, -0.2) is 11.8 Å². The van der Waals surface area contributed by atoms with E-state index in [0.29, 0.717) is 5.90 Å². The second kappa shape index (κ2) is 1.80. The molecule has 0 aromatic heterocycles. The predicted molar refractivity (Wildman–Crippen MR) is 35.3 cm³/mol. The highest BCUT2D eigenvalue weighted by Gasteiger charge is 2.20. The van der Waals surface area contributed by atoms with Gasteiger partial charge in [-0.2, -0.15) is 4.99 Å². The van der Waals surface area contributed by atoms with Gasteiger partial charge in [0.15, 0.2) is 0 Å². The number of rotatable bonds is 0. The van der Waals surface area contributed by atoms with E-state index in [-0.39, 0.29) is 11.8 Å². The molecule has 0 radical (unpaired) electrons. The Kier molecular flexibility index (Phi) is 0.974. The first kappa shape index (κ1) is 5.41. The molecule has 0 N–H and O–H groups in total. The average Bonchev–Trinajstić information content (AvgIpc) is 2.33. The number of dihydropyridines is 1. The van der Waals surface area contributed by atoms with E-state index in [9.17, 15) is 4.79 Å². The molecule has 50 valence electrons. The molecule has 0 aliphatic carbocycles. The van der Waals surface area contributed by atoms with Crippen LogP contribution in [0.2, 0.25) is 0 Å². The second-order valence-electron chi connectivity index (χ2n) is 2.12. The van der Waals surface area contributed by atoms with E-state index in [1.165, 1.54) is 6.08 Å². The highest BCUT2D eigenvalue weighted by atomic mass is 16.5. The van der Waals surface area contributed by atoms with Crippen LogP contribution in [0.5, 0.6) is 0 Å². The first-order valence-electron chi connectivity index (χ1n) is 3.00. The van der Waals surface area contributed by atoms with Crippen LogP contribution in [0.4, 0.5) is 0 Å². The fourth-order valence-corrected chi connectivity index (χ4v) is 0.934. The Morgan fingerprint density at radius 1 is 1.50 bits per heavy atom. The van der Waals surface area contributed by atoms with Gasteiger partial charge in [0.2, 0.25) is 5.90 Å². The van der Waals surface area contributed by atoms with Crippen LogP contribution in [0.3, 0.4) is 0 Å². The summed E-state index contributed by atoms with van der Waals surface area (Å²) in [6, 6.07) is 0. The maximum absolute atomic E-state index is 10.6. The number of nitrogens with zero attached hydrogens (tertiary/aromatic N) is 1. The molecule has 0 saturated carbocycles. The minimum absolute atomic E-state index is 0.0951. The summed E-state index contributed by atoms with van der Waals surface area (Å²) in [5.41, 5.74) is 0. The molecule has 2 rings (SSSR count). The molecule has 0 spiro atoms. The summed E-state index contributed by atoms with van der Waals surface area (Å²) in [6.45, 7) is 0. The Bertz CT molecular complexity index is 263. The molecule has 0 aromatic carbocycles. The molecule has 1 unspecified atom stereocenters. The zero-order chi connectivity index (χ0) is 6.97. The van der Waals surface area contributed by atoms with Crippen LogP contribution in [-0.2, 0) is 9.53 Å². The Labute approximate surface area is 57.7 Å². The van der Waals surface area contributed by atoms with E-state index in [1.807, 2.05) is 6.08 Å². The molecule has 0 aromatic rings. The molecule has 2 aliphatic rings. The number of aliphatic imine (C=N–C) groups is 1. The van der Waals surface area contributed by atoms with Crippen LogP contribution in [0.1, 0.15) is 0 Å². The molecule has 10 heavy (non-hydrogen) atoms. The maximum atomic E-state index is 10.6. The van der Waals surface area contributed by atoms with Crippen LogP contribution in [0, 0.1) is 5.92 Å². The fourth-order valence-electron chi connectivity index (χ4n) is 0.934. The van der Waals surface area contributed by atoms with Crippen molar-refractivity contribution in [2.45, 2.75) is 0 Å². The summed E-state index contributed by atoms with van der Waals surface area (Å²) in [7, 11) is 0. The third kappa shape index (κ3) is 0.673. The first-order valence-corrected chi connectivity index (χ1v) is 3.00. The first-order chi connectivity index (χ1) is 4.86. The summed E-state index contributed by atoms with van der Waals surface area (Å²) in [5, 5.41) is 0. The molecule has 1 atom stereocenters. The number of ether oxygens (including phenoxy) is 1. The molecule has 2 aliphatic heterocycles. The van der Waals surface area contributed by atoms with Gasteiger partial charge < -0.3 is 4.74 Å². The van der Waals surface area contributed by atoms with E-state index in [4.69, 9.17) is 4.74 Å². The number of amides is 1. The Hall–Kier alpha value is -1.38. The van der Waals surface area contributed by atoms with Crippen molar-refractivity contribution < 1.29 is 9.53 Å². The third-order valence-corrected chi connectivity index (χ3v) is 1.43. The molecule has 1 amide bonds. The van der Waals surface area contributed by atoms with Gasteiger partial charge in [-0.3, -0.25) is 4.79 Å². The SMILES string of the molecule is O=C1C=CC2C=COC2=N1. The number of carbonyl (C=O) groups is 1. The third-order valence-electron chi connectivity index (χ3n) is 1.43. The van der Waals surface area contributed by atoms with Gasteiger partial charge in [-0.25, -0.2) is 0 Å². The van der Waals surface area contributed by atoms with Gasteiger partial charge in [0.1, 0.15) is 0 Å². The topological polar surface area (TPSA) is 38.7 Å². The normalized spacial score (nSPS) is 27.8. The molecule has 2 heterocycles. The van der Waals surface area contributed by atoms with Gasteiger partial charge in [-0.05, 0) is 6.08 Å². The molecule has 3 nitrogen and oxygen atoms in total. The Morgan fingerprint density at radius 2 is 2.40 bits per heavy atom. The van der Waals surface area contributed by atoms with E-state index in [2.05, 4.69) is 4.99 Å². The van der Waals surface area contributed by atoms with Crippen molar-refractivity contribution in [3.8, 4) is 0 Å². The highest BCUT2D eigenvalue weighted by Crippen LogP contribution is 2.16. The molecular weight excluding hydrogens is 130 g/mol. The minimum atomic E-state index is -0.241. The quantitative estimate of drug-likeness (QED) is 0.489. The van der Waals surface area contributed by atoms with Crippen LogP contribution < -0.4 is 0 Å². The van der Waals surface area contributed by atoms with Crippen molar-refractivity contribution in [2.24, 2.45) is 10.9 Å². The second-order valence-corrected chi connectivity index (χ2v) is 2.12. The largest absolute Gasteiger partial charge is 0.450 e. The smallest absolute Gasteiger partial charge is 0.272 e. The average molecular weight is 135 g/mol. The lowest BCUT2D eigenvalue weighted by molar-refractivity contribution is -0.113. The van der Waals surface area contributed by atoms with Crippen molar-refractivity contribution in [3.63, 3.8) is 0 Å². The van der Waals surface area contributed by atoms with Crippen molar-refractivity contribution >= 4 is 11.8 Å². The van der Waals surface area contributed by atoms with Crippen molar-refractivity contribution in [2.75, 3.05) is 0 Å². The van der Waals surface area contributed by atoms with Gasteiger partial charge in [0.05, 0.1) is 12.2 Å². The molecule has 0 fully saturated rings. The van der Waals surface area contributed by atoms with Gasteiger partial charge in [0, 0.05) is 6.08 Å². The van der Waals surface area contributed by atoms with Crippen LogP contribution in [0.25, 0.3) is 0 Å². The maximum Gasteiger partial charge on any atom is 0.272 e. The van der Waals surface area contributed by atoms with Gasteiger partial charge in [-0.15, -0.1) is 0 Å². The Morgan fingerprint density at radius 3 is 3.30 bits per heavy atom. The van der Waals surface area contributed by atoms with Crippen molar-refractivity contribution in [3.05, 3.63) is 24.5 Å². The zero-order valence-electron chi connectivity index (χ0n) is 5.15. The summed E-state index contributed by atoms with van der Waals surface area (Å²) in [6.07, 6.45) is 6.62. The van der Waals surface area contributed by atoms with E-state index in [0.717, 1.165) is 0 Å². The number of hydrogen-bond donors (Lipinski definition) is 0. The number of fused-ring (bicyclic) bond motifs is 1. The minimum Gasteiger partial charge on any atom is -0.450 e. The fraction of sp³-hybridized carbons (Fsp3) is 0.143. The summed E-state index contributed by atoms with van der Waals surface area (Å²) < 4.78 is 4.92. The van der Waals surface area contributed by atoms with Crippen LogP contribution >= 0.6 is 0 Å². The summed E-state index contributed by atoms with van der Waals surface area (Å²) in [5.74, 6) is 0.347. The van der Waals surface area contributed by atoms with Crippen molar-refractivity contribution in [1.82, 2.24) is 0 Å². The van der Waals surface area contributed by atoms with Gasteiger partial charge >= 0.3 is 0 Å². The van der Waals surface area contributed by atoms with Crippen LogP contribution in [0.15, 0.2) is 29.5 Å². The molecular formula is C7H5NO2. The lowest BCUT2D eigenvalue weighted by Crippen LogP contribution is -2.12. The van der Waals surface area contributed by atoms with E-state index in [1.54, 1.807) is 12.3 Å². The Balaban J connectivity index is 2.36. The predicted octanol–water partition coefficient (Wildman–Crippen LogP) is 0.641. The van der Waals surface area contributed by atoms with Gasteiger partial charge in [-0.1, -0.05) is 6.08 Å². The lowest BCUT2D eigenvalue weighted by Gasteiger charge is -2.05. The molecule has 0 saturated heterocycles. The summed E-state index contributed by atoms with van der Waals surface area (Å²) >= 11 is 0. The van der Waals surface area contributed by atoms with Crippen molar-refractivity contribution in [1.29, 1.82) is 0 Å². The van der Waals surface area contributed by atoms with Gasteiger partial charge in [0.25, 0.3) is 5.91 Å². The highest BCUT2D eigenvalue weighted by molar-refractivity contribution is 6.03. The molecule has 3 heteroatoms. The molecule has 0 bridgehead atoms. The number of hydrogen-bond acceptors (Lipinski definition) is 2.